The molecule has 0 saturated heterocycles. The lowest BCUT2D eigenvalue weighted by Gasteiger charge is -2.12. The number of nitrogens with two attached hydrogens (primary N) is 1. The second-order valence-corrected chi connectivity index (χ2v) is 4.03. The first kappa shape index (κ1) is 12.0. The van der Waals surface area contributed by atoms with E-state index in [0.717, 1.165) is 4.47 Å². The number of rotatable bonds is 4. The van der Waals surface area contributed by atoms with Gasteiger partial charge in [0.25, 0.3) is 5.91 Å². The summed E-state index contributed by atoms with van der Waals surface area (Å²) in [6.45, 7) is 1.43. The zero-order valence-corrected chi connectivity index (χ0v) is 9.82. The van der Waals surface area contributed by atoms with Crippen molar-refractivity contribution < 1.29 is 14.6 Å². The van der Waals surface area contributed by atoms with Gasteiger partial charge in [-0.1, -0.05) is 15.9 Å². The van der Waals surface area contributed by atoms with E-state index >= 15 is 0 Å². The topological polar surface area (TPSA) is 72.6 Å². The molecule has 82 valence electrons. The van der Waals surface area contributed by atoms with Gasteiger partial charge in [-0.3, -0.25) is 4.79 Å². The van der Waals surface area contributed by atoms with Crippen LogP contribution < -0.4 is 10.5 Å². The quantitative estimate of drug-likeness (QED) is 0.870. The van der Waals surface area contributed by atoms with Gasteiger partial charge in [0.15, 0.2) is 6.61 Å². The van der Waals surface area contributed by atoms with Crippen molar-refractivity contribution in [2.24, 2.45) is 5.73 Å². The van der Waals surface area contributed by atoms with Gasteiger partial charge >= 0.3 is 0 Å². The predicted molar refractivity (Wildman–Crippen MR) is 59.5 cm³/mol. The van der Waals surface area contributed by atoms with Crippen LogP contribution in [0, 0.1) is 0 Å². The van der Waals surface area contributed by atoms with Crippen LogP contribution in [0.4, 0.5) is 0 Å². The van der Waals surface area contributed by atoms with Gasteiger partial charge in [0.2, 0.25) is 0 Å². The molecule has 0 radical (unpaired) electrons. The Morgan fingerprint density at radius 1 is 1.67 bits per heavy atom. The van der Waals surface area contributed by atoms with Crippen LogP contribution in [-0.2, 0) is 4.79 Å². The predicted octanol–water partition coefficient (Wildman–Crippen LogP) is 1.37. The molecule has 15 heavy (non-hydrogen) atoms. The third-order valence-corrected chi connectivity index (χ3v) is 2.29. The Morgan fingerprint density at radius 3 is 2.87 bits per heavy atom. The van der Waals surface area contributed by atoms with E-state index in [2.05, 4.69) is 15.9 Å². The molecule has 3 N–H and O–H groups in total. The van der Waals surface area contributed by atoms with Crippen LogP contribution in [0.5, 0.6) is 5.75 Å². The Kier molecular flexibility index (Phi) is 4.11. The maximum atomic E-state index is 10.5. The number of hydrogen-bond donors (Lipinski definition) is 2. The van der Waals surface area contributed by atoms with E-state index < -0.39 is 12.0 Å². The molecular formula is C10H12BrNO3. The number of ether oxygens (including phenoxy) is 1. The average Bonchev–Trinajstić information content (AvgIpc) is 2.15. The number of primary amides is 1. The van der Waals surface area contributed by atoms with E-state index in [0.29, 0.717) is 11.3 Å². The highest BCUT2D eigenvalue weighted by molar-refractivity contribution is 9.10. The monoisotopic (exact) mass is 273 g/mol. The summed E-state index contributed by atoms with van der Waals surface area (Å²) in [4.78, 5) is 10.5. The number of carbonyl (C=O) groups excluding carboxylic acids is 1. The third kappa shape index (κ3) is 3.53. The Bertz CT molecular complexity index is 366. The molecule has 1 aromatic rings. The second kappa shape index (κ2) is 5.14. The molecule has 0 aliphatic carbocycles. The molecule has 0 spiro atoms. The van der Waals surface area contributed by atoms with E-state index in [9.17, 15) is 9.90 Å². The molecular weight excluding hydrogens is 262 g/mol. The van der Waals surface area contributed by atoms with Crippen molar-refractivity contribution >= 4 is 21.8 Å². The van der Waals surface area contributed by atoms with Crippen molar-refractivity contribution in [1.29, 1.82) is 0 Å². The van der Waals surface area contributed by atoms with E-state index in [1.54, 1.807) is 25.1 Å². The molecule has 0 heterocycles. The fourth-order valence-corrected chi connectivity index (χ4v) is 1.50. The maximum absolute atomic E-state index is 10.5. The van der Waals surface area contributed by atoms with E-state index in [1.165, 1.54) is 0 Å². The van der Waals surface area contributed by atoms with Crippen LogP contribution in [-0.4, -0.2) is 17.6 Å². The van der Waals surface area contributed by atoms with Crippen LogP contribution in [0.2, 0.25) is 0 Å². The minimum Gasteiger partial charge on any atom is -0.483 e. The normalized spacial score (nSPS) is 12.2. The molecule has 0 aliphatic heterocycles. The van der Waals surface area contributed by atoms with E-state index in [4.69, 9.17) is 10.5 Å². The highest BCUT2D eigenvalue weighted by Crippen LogP contribution is 2.28. The van der Waals surface area contributed by atoms with Crippen molar-refractivity contribution in [2.45, 2.75) is 13.0 Å². The lowest BCUT2D eigenvalue weighted by molar-refractivity contribution is -0.120. The van der Waals surface area contributed by atoms with Crippen molar-refractivity contribution in [3.05, 3.63) is 28.2 Å². The van der Waals surface area contributed by atoms with Crippen LogP contribution in [0.3, 0.4) is 0 Å². The number of amides is 1. The molecule has 4 nitrogen and oxygen atoms in total. The van der Waals surface area contributed by atoms with Crippen LogP contribution >= 0.6 is 15.9 Å². The lowest BCUT2D eigenvalue weighted by Crippen LogP contribution is -2.20. The van der Waals surface area contributed by atoms with Gasteiger partial charge in [0.05, 0.1) is 6.10 Å². The Hall–Kier alpha value is -1.07. The highest BCUT2D eigenvalue weighted by atomic mass is 79.9. The van der Waals surface area contributed by atoms with Crippen LogP contribution in [0.1, 0.15) is 18.6 Å². The molecule has 5 heteroatoms. The molecule has 0 fully saturated rings. The summed E-state index contributed by atoms with van der Waals surface area (Å²) in [6, 6.07) is 5.18. The van der Waals surface area contributed by atoms with Gasteiger partial charge in [-0.15, -0.1) is 0 Å². The molecule has 0 bridgehead atoms. The van der Waals surface area contributed by atoms with Crippen molar-refractivity contribution in [3.63, 3.8) is 0 Å². The van der Waals surface area contributed by atoms with Gasteiger partial charge in [0, 0.05) is 10.0 Å². The number of aliphatic hydroxyl groups excluding tert-OH is 1. The van der Waals surface area contributed by atoms with Gasteiger partial charge in [0.1, 0.15) is 5.75 Å². The second-order valence-electron chi connectivity index (χ2n) is 3.11. The fraction of sp³-hybridized carbons (Fsp3) is 0.300. The first-order valence-electron chi connectivity index (χ1n) is 4.39. The Labute approximate surface area is 96.2 Å². The maximum Gasteiger partial charge on any atom is 0.255 e. The summed E-state index contributed by atoms with van der Waals surface area (Å²) in [5, 5.41) is 9.48. The van der Waals surface area contributed by atoms with Crippen molar-refractivity contribution in [3.8, 4) is 5.75 Å². The smallest absolute Gasteiger partial charge is 0.255 e. The molecule has 0 aliphatic rings. The van der Waals surface area contributed by atoms with Gasteiger partial charge < -0.3 is 15.6 Å². The first-order chi connectivity index (χ1) is 7.00. The lowest BCUT2D eigenvalue weighted by atomic mass is 10.1. The summed E-state index contributed by atoms with van der Waals surface area (Å²) in [5.41, 5.74) is 5.58. The standard InChI is InChI=1S/C10H12BrNO3/c1-6(13)8-4-7(11)2-3-9(8)15-5-10(12)14/h2-4,6,13H,5H2,1H3,(H2,12,14)/t6-/m1/s1. The summed E-state index contributed by atoms with van der Waals surface area (Å²) < 4.78 is 6.00. The minimum absolute atomic E-state index is 0.193. The van der Waals surface area contributed by atoms with Gasteiger partial charge in [-0.05, 0) is 25.1 Å². The van der Waals surface area contributed by atoms with E-state index in [-0.39, 0.29) is 6.61 Å². The molecule has 1 aromatic carbocycles. The number of hydrogen-bond acceptors (Lipinski definition) is 3. The highest BCUT2D eigenvalue weighted by Gasteiger charge is 2.10. The molecule has 0 aromatic heterocycles. The largest absolute Gasteiger partial charge is 0.483 e. The van der Waals surface area contributed by atoms with E-state index in [1.807, 2.05) is 0 Å². The van der Waals surface area contributed by atoms with Crippen molar-refractivity contribution in [2.75, 3.05) is 6.61 Å². The fourth-order valence-electron chi connectivity index (χ4n) is 1.13. The molecule has 0 saturated carbocycles. The van der Waals surface area contributed by atoms with Gasteiger partial charge in [-0.25, -0.2) is 0 Å². The first-order valence-corrected chi connectivity index (χ1v) is 5.18. The molecule has 1 atom stereocenters. The number of carbonyl (C=O) groups is 1. The van der Waals surface area contributed by atoms with Gasteiger partial charge in [-0.2, -0.15) is 0 Å². The summed E-state index contributed by atoms with van der Waals surface area (Å²) in [7, 11) is 0. The summed E-state index contributed by atoms with van der Waals surface area (Å²) in [5.74, 6) is -0.0820. The Morgan fingerprint density at radius 2 is 2.33 bits per heavy atom. The van der Waals surface area contributed by atoms with Crippen LogP contribution in [0.25, 0.3) is 0 Å². The summed E-state index contributed by atoms with van der Waals surface area (Å²) >= 11 is 3.29. The molecule has 1 rings (SSSR count). The number of halogens is 1. The zero-order chi connectivity index (χ0) is 11.4. The number of benzene rings is 1. The molecule has 0 unspecified atom stereocenters. The minimum atomic E-state index is -0.662. The van der Waals surface area contributed by atoms with Crippen LogP contribution in [0.15, 0.2) is 22.7 Å². The zero-order valence-electron chi connectivity index (χ0n) is 8.24. The summed E-state index contributed by atoms with van der Waals surface area (Å²) in [6.07, 6.45) is -0.662. The average molecular weight is 274 g/mol. The number of aliphatic hydroxyl groups is 1. The van der Waals surface area contributed by atoms with Crippen molar-refractivity contribution in [1.82, 2.24) is 0 Å². The Balaban J connectivity index is 2.90. The molecule has 1 amide bonds. The third-order valence-electron chi connectivity index (χ3n) is 1.79. The SMILES string of the molecule is C[C@@H](O)c1cc(Br)ccc1OCC(N)=O.